The lowest BCUT2D eigenvalue weighted by atomic mass is 10.2. The van der Waals surface area contributed by atoms with Crippen molar-refractivity contribution >= 4 is 35.4 Å². The molecule has 0 unspecified atom stereocenters. The fourth-order valence-corrected chi connectivity index (χ4v) is 4.77. The van der Waals surface area contributed by atoms with Gasteiger partial charge < -0.3 is 4.57 Å². The van der Waals surface area contributed by atoms with Crippen LogP contribution in [0.15, 0.2) is 90.7 Å². The molecule has 0 saturated carbocycles. The number of benzene rings is 3. The zero-order valence-electron chi connectivity index (χ0n) is 12.5. The molecule has 3 rings (SSSR count). The maximum absolute atomic E-state index is 13.7. The lowest BCUT2D eigenvalue weighted by Gasteiger charge is -2.15. The van der Waals surface area contributed by atoms with Crippen LogP contribution in [0.3, 0.4) is 0 Å². The third-order valence-corrected chi connectivity index (χ3v) is 6.58. The second kappa shape index (κ2) is 7.00. The molecule has 0 saturated heterocycles. The molecule has 0 N–H and O–H groups in total. The van der Waals surface area contributed by atoms with Crippen molar-refractivity contribution in [3.8, 4) is 0 Å². The third-order valence-electron chi connectivity index (χ3n) is 3.63. The lowest BCUT2D eigenvalue weighted by Crippen LogP contribution is -2.13. The van der Waals surface area contributed by atoms with E-state index in [2.05, 4.69) is 0 Å². The van der Waals surface area contributed by atoms with Crippen LogP contribution in [0.25, 0.3) is 6.08 Å². The third kappa shape index (κ3) is 3.64. The Morgan fingerprint density at radius 3 is 1.65 bits per heavy atom. The van der Waals surface area contributed by atoms with Gasteiger partial charge in [-0.05, 0) is 23.5 Å². The molecule has 0 radical (unpaired) electrons. The fourth-order valence-electron chi connectivity index (χ4n) is 2.39. The van der Waals surface area contributed by atoms with E-state index in [0.29, 0.717) is 5.02 Å². The van der Waals surface area contributed by atoms with E-state index in [1.54, 1.807) is 0 Å². The standard InChI is InChI=1S/C20H16ClOP/c21-18-13-11-17(12-14-18)15-16-23(22,19-7-3-1-4-8-19)20-9-5-2-6-10-20/h1-16H/b16-15+. The molecule has 114 valence electrons. The molecule has 23 heavy (non-hydrogen) atoms. The van der Waals surface area contributed by atoms with Gasteiger partial charge in [-0.25, -0.2) is 0 Å². The van der Waals surface area contributed by atoms with E-state index in [-0.39, 0.29) is 0 Å². The Balaban J connectivity index is 2.06. The highest BCUT2D eigenvalue weighted by molar-refractivity contribution is 7.81. The van der Waals surface area contributed by atoms with Crippen LogP contribution < -0.4 is 10.6 Å². The van der Waals surface area contributed by atoms with Gasteiger partial charge in [0.15, 0.2) is 7.14 Å². The van der Waals surface area contributed by atoms with Crippen LogP contribution in [0, 0.1) is 0 Å². The predicted molar refractivity (Wildman–Crippen MR) is 100 cm³/mol. The highest BCUT2D eigenvalue weighted by Gasteiger charge is 2.23. The molecule has 0 aliphatic carbocycles. The minimum Gasteiger partial charge on any atom is -0.309 e. The minimum atomic E-state index is -2.81. The van der Waals surface area contributed by atoms with Crippen molar-refractivity contribution in [2.75, 3.05) is 0 Å². The second-order valence-electron chi connectivity index (χ2n) is 5.20. The highest BCUT2D eigenvalue weighted by Crippen LogP contribution is 2.45. The van der Waals surface area contributed by atoms with E-state index in [1.807, 2.05) is 96.8 Å². The Kier molecular flexibility index (Phi) is 4.81. The van der Waals surface area contributed by atoms with Gasteiger partial charge in [-0.1, -0.05) is 90.5 Å². The van der Waals surface area contributed by atoms with Gasteiger partial charge in [0.25, 0.3) is 0 Å². The maximum atomic E-state index is 13.7. The summed E-state index contributed by atoms with van der Waals surface area (Å²) in [6, 6.07) is 26.7. The highest BCUT2D eigenvalue weighted by atomic mass is 35.5. The predicted octanol–water partition coefficient (Wildman–Crippen LogP) is 5.32. The molecule has 3 aromatic rings. The van der Waals surface area contributed by atoms with Crippen LogP contribution in [0.2, 0.25) is 5.02 Å². The Morgan fingerprint density at radius 2 is 1.17 bits per heavy atom. The monoisotopic (exact) mass is 338 g/mol. The summed E-state index contributed by atoms with van der Waals surface area (Å²) >= 11 is 5.91. The van der Waals surface area contributed by atoms with E-state index in [4.69, 9.17) is 11.6 Å². The van der Waals surface area contributed by atoms with Gasteiger partial charge in [0, 0.05) is 15.6 Å². The summed E-state index contributed by atoms with van der Waals surface area (Å²) in [6.07, 6.45) is 1.90. The maximum Gasteiger partial charge on any atom is 0.164 e. The summed E-state index contributed by atoms with van der Waals surface area (Å²) in [5.41, 5.74) is 0.974. The molecule has 3 aromatic carbocycles. The summed E-state index contributed by atoms with van der Waals surface area (Å²) in [6.45, 7) is 0. The van der Waals surface area contributed by atoms with Crippen molar-refractivity contribution in [2.45, 2.75) is 0 Å². The summed E-state index contributed by atoms with van der Waals surface area (Å²) in [5, 5.41) is 2.35. The Bertz CT molecular complexity index is 796. The van der Waals surface area contributed by atoms with Gasteiger partial charge >= 0.3 is 0 Å². The average molecular weight is 339 g/mol. The molecule has 3 heteroatoms. The van der Waals surface area contributed by atoms with Crippen LogP contribution in [-0.2, 0) is 4.57 Å². The molecule has 0 fully saturated rings. The van der Waals surface area contributed by atoms with Gasteiger partial charge in [0.1, 0.15) is 0 Å². The zero-order chi connectivity index (χ0) is 16.1. The lowest BCUT2D eigenvalue weighted by molar-refractivity contribution is 0.592. The summed E-state index contributed by atoms with van der Waals surface area (Å²) in [4.78, 5) is 0. The number of halogens is 1. The molecule has 0 amide bonds. The molecule has 0 aromatic heterocycles. The zero-order valence-corrected chi connectivity index (χ0v) is 14.1. The second-order valence-corrected chi connectivity index (χ2v) is 8.28. The summed E-state index contributed by atoms with van der Waals surface area (Å²) in [7, 11) is -2.81. The molecule has 0 spiro atoms. The Hall–Kier alpha value is -2.08. The Morgan fingerprint density at radius 1 is 0.696 bits per heavy atom. The molecule has 0 atom stereocenters. The van der Waals surface area contributed by atoms with E-state index < -0.39 is 7.14 Å². The van der Waals surface area contributed by atoms with E-state index >= 15 is 0 Å². The smallest absolute Gasteiger partial charge is 0.164 e. The van der Waals surface area contributed by atoms with Crippen LogP contribution >= 0.6 is 18.7 Å². The minimum absolute atomic E-state index is 0.691. The van der Waals surface area contributed by atoms with E-state index in [1.165, 1.54) is 0 Å². The Labute approximate surface area is 141 Å². The van der Waals surface area contributed by atoms with Crippen LogP contribution in [0.5, 0.6) is 0 Å². The van der Waals surface area contributed by atoms with Gasteiger partial charge in [0.2, 0.25) is 0 Å². The topological polar surface area (TPSA) is 17.1 Å². The van der Waals surface area contributed by atoms with Crippen LogP contribution in [0.1, 0.15) is 5.56 Å². The average Bonchev–Trinajstić information content (AvgIpc) is 2.62. The van der Waals surface area contributed by atoms with Gasteiger partial charge in [-0.15, -0.1) is 0 Å². The molecule has 0 aliphatic heterocycles. The number of rotatable bonds is 4. The van der Waals surface area contributed by atoms with E-state index in [9.17, 15) is 4.57 Å². The van der Waals surface area contributed by atoms with Crippen molar-refractivity contribution in [3.63, 3.8) is 0 Å². The first-order valence-corrected chi connectivity index (χ1v) is 9.50. The van der Waals surface area contributed by atoms with Crippen molar-refractivity contribution < 1.29 is 4.57 Å². The molecule has 1 nitrogen and oxygen atoms in total. The molecule has 0 bridgehead atoms. The van der Waals surface area contributed by atoms with Crippen LogP contribution in [0.4, 0.5) is 0 Å². The molecular weight excluding hydrogens is 323 g/mol. The van der Waals surface area contributed by atoms with Crippen molar-refractivity contribution in [1.82, 2.24) is 0 Å². The first-order chi connectivity index (χ1) is 11.2. The number of hydrogen-bond acceptors (Lipinski definition) is 1. The largest absolute Gasteiger partial charge is 0.309 e. The van der Waals surface area contributed by atoms with Gasteiger partial charge in [-0.3, -0.25) is 0 Å². The molecule has 0 aliphatic rings. The molecular formula is C20H16ClOP. The summed E-state index contributed by atoms with van der Waals surface area (Å²) < 4.78 is 13.7. The SMILES string of the molecule is O=P(/C=C/c1ccc(Cl)cc1)(c1ccccc1)c1ccccc1. The van der Waals surface area contributed by atoms with E-state index in [0.717, 1.165) is 16.2 Å². The van der Waals surface area contributed by atoms with Crippen LogP contribution in [-0.4, -0.2) is 0 Å². The van der Waals surface area contributed by atoms with Crippen molar-refractivity contribution in [2.24, 2.45) is 0 Å². The normalized spacial score (nSPS) is 11.7. The fraction of sp³-hybridized carbons (Fsp3) is 0. The number of hydrogen-bond donors (Lipinski definition) is 0. The first kappa shape index (κ1) is 15.8. The van der Waals surface area contributed by atoms with Gasteiger partial charge in [-0.2, -0.15) is 0 Å². The van der Waals surface area contributed by atoms with Gasteiger partial charge in [0.05, 0.1) is 0 Å². The summed E-state index contributed by atoms with van der Waals surface area (Å²) in [5.74, 6) is 1.82. The quantitative estimate of drug-likeness (QED) is 0.588. The van der Waals surface area contributed by atoms with Crippen molar-refractivity contribution in [3.05, 3.63) is 101 Å². The molecule has 0 heterocycles. The first-order valence-electron chi connectivity index (χ1n) is 7.34. The van der Waals surface area contributed by atoms with Crippen molar-refractivity contribution in [1.29, 1.82) is 0 Å².